The van der Waals surface area contributed by atoms with Crippen LogP contribution in [-0.2, 0) is 9.59 Å². The monoisotopic (exact) mass is 444 g/mol. The summed E-state index contributed by atoms with van der Waals surface area (Å²) in [4.78, 5) is 48.6. The van der Waals surface area contributed by atoms with Gasteiger partial charge in [-0.2, -0.15) is 11.8 Å². The molecule has 0 saturated carbocycles. The number of thioether (sulfide) groups is 1. The summed E-state index contributed by atoms with van der Waals surface area (Å²) in [5, 5.41) is 16.4. The summed E-state index contributed by atoms with van der Waals surface area (Å²) in [6.45, 7) is 1.45. The number of nitro groups is 1. The minimum Gasteiger partial charge on any atom is -0.340 e. The summed E-state index contributed by atoms with van der Waals surface area (Å²) in [7, 11) is 1.65. The molecule has 31 heavy (non-hydrogen) atoms. The number of rotatable bonds is 9. The number of benzene rings is 2. The van der Waals surface area contributed by atoms with Gasteiger partial charge in [-0.05, 0) is 48.8 Å². The summed E-state index contributed by atoms with van der Waals surface area (Å²) in [6, 6.07) is 11.3. The zero-order valence-corrected chi connectivity index (χ0v) is 18.3. The molecule has 0 heterocycles. The van der Waals surface area contributed by atoms with Crippen molar-refractivity contribution in [1.82, 2.24) is 5.32 Å². The van der Waals surface area contributed by atoms with Crippen molar-refractivity contribution in [2.75, 3.05) is 29.3 Å². The van der Waals surface area contributed by atoms with E-state index in [0.29, 0.717) is 23.5 Å². The maximum absolute atomic E-state index is 12.8. The molecule has 0 aromatic heterocycles. The molecule has 164 valence electrons. The van der Waals surface area contributed by atoms with Gasteiger partial charge in [-0.25, -0.2) is 0 Å². The Balaban J connectivity index is 2.11. The molecule has 0 aliphatic rings. The van der Waals surface area contributed by atoms with E-state index in [-0.39, 0.29) is 17.2 Å². The molecule has 2 rings (SSSR count). The van der Waals surface area contributed by atoms with Crippen LogP contribution in [0.15, 0.2) is 48.5 Å². The third-order valence-corrected chi connectivity index (χ3v) is 5.19. The molecule has 3 amide bonds. The zero-order chi connectivity index (χ0) is 23.0. The van der Waals surface area contributed by atoms with Crippen LogP contribution in [0.5, 0.6) is 0 Å². The van der Waals surface area contributed by atoms with Gasteiger partial charge in [-0.1, -0.05) is 6.07 Å². The highest BCUT2D eigenvalue weighted by Crippen LogP contribution is 2.18. The van der Waals surface area contributed by atoms with Gasteiger partial charge in [0.1, 0.15) is 6.04 Å². The Bertz CT molecular complexity index is 964. The first-order chi connectivity index (χ1) is 14.7. The van der Waals surface area contributed by atoms with Crippen molar-refractivity contribution < 1.29 is 19.3 Å². The van der Waals surface area contributed by atoms with Crippen LogP contribution in [0.4, 0.5) is 17.1 Å². The molecule has 2 N–H and O–H groups in total. The van der Waals surface area contributed by atoms with E-state index in [2.05, 4.69) is 10.6 Å². The molecule has 0 fully saturated rings. The summed E-state index contributed by atoms with van der Waals surface area (Å²) >= 11 is 1.53. The second kappa shape index (κ2) is 11.1. The van der Waals surface area contributed by atoms with Crippen LogP contribution in [0.3, 0.4) is 0 Å². The summed E-state index contributed by atoms with van der Waals surface area (Å²) in [5.41, 5.74) is 1.11. The number of nitrogens with one attached hydrogen (secondary N) is 2. The number of anilines is 2. The number of hydrogen-bond acceptors (Lipinski definition) is 6. The van der Waals surface area contributed by atoms with Crippen LogP contribution in [0.2, 0.25) is 0 Å². The van der Waals surface area contributed by atoms with Gasteiger partial charge in [0.15, 0.2) is 0 Å². The van der Waals surface area contributed by atoms with Gasteiger partial charge in [-0.3, -0.25) is 24.5 Å². The maximum atomic E-state index is 12.8. The van der Waals surface area contributed by atoms with Gasteiger partial charge in [-0.15, -0.1) is 0 Å². The second-order valence-electron chi connectivity index (χ2n) is 6.73. The first-order valence-corrected chi connectivity index (χ1v) is 10.8. The van der Waals surface area contributed by atoms with Crippen LogP contribution in [-0.4, -0.2) is 47.7 Å². The second-order valence-corrected chi connectivity index (χ2v) is 7.71. The Hall–Kier alpha value is -3.40. The molecule has 10 heteroatoms. The number of non-ortho nitro benzene ring substituents is 1. The molecule has 0 aliphatic carbocycles. The van der Waals surface area contributed by atoms with E-state index in [4.69, 9.17) is 0 Å². The predicted octanol–water partition coefficient (Wildman–Crippen LogP) is 3.07. The van der Waals surface area contributed by atoms with Gasteiger partial charge < -0.3 is 15.5 Å². The molecule has 2 aromatic carbocycles. The lowest BCUT2D eigenvalue weighted by Crippen LogP contribution is -2.44. The highest BCUT2D eigenvalue weighted by atomic mass is 32.2. The maximum Gasteiger partial charge on any atom is 0.270 e. The molecular weight excluding hydrogens is 420 g/mol. The van der Waals surface area contributed by atoms with Crippen molar-refractivity contribution in [3.05, 3.63) is 64.2 Å². The van der Waals surface area contributed by atoms with Crippen molar-refractivity contribution in [2.45, 2.75) is 19.4 Å². The highest BCUT2D eigenvalue weighted by Gasteiger charge is 2.22. The molecule has 0 spiro atoms. The molecule has 0 radical (unpaired) electrons. The van der Waals surface area contributed by atoms with Gasteiger partial charge in [0.2, 0.25) is 11.8 Å². The number of amides is 3. The number of nitro benzene ring substituents is 1. The quantitative estimate of drug-likeness (QED) is 0.453. The van der Waals surface area contributed by atoms with Crippen LogP contribution >= 0.6 is 11.8 Å². The molecule has 0 aliphatic heterocycles. The fourth-order valence-corrected chi connectivity index (χ4v) is 3.16. The Kier molecular flexibility index (Phi) is 8.56. The fourth-order valence-electron chi connectivity index (χ4n) is 2.69. The van der Waals surface area contributed by atoms with Gasteiger partial charge >= 0.3 is 0 Å². The van der Waals surface area contributed by atoms with Crippen LogP contribution < -0.4 is 15.5 Å². The van der Waals surface area contributed by atoms with Crippen LogP contribution in [0.1, 0.15) is 23.7 Å². The number of hydrogen-bond donors (Lipinski definition) is 2. The SMILES string of the molecule is CSCCC(NC(=O)c1cccc([N+](=O)[O-])c1)C(=O)Nc1ccc(N(C)C(C)=O)cc1. The van der Waals surface area contributed by atoms with Crippen molar-refractivity contribution >= 4 is 46.5 Å². The minimum absolute atomic E-state index is 0.104. The average molecular weight is 445 g/mol. The van der Waals surface area contributed by atoms with E-state index in [1.807, 2.05) is 6.26 Å². The number of nitrogens with zero attached hydrogens (tertiary/aromatic N) is 2. The Labute approximate surface area is 184 Å². The predicted molar refractivity (Wildman–Crippen MR) is 122 cm³/mol. The zero-order valence-electron chi connectivity index (χ0n) is 17.5. The fraction of sp³-hybridized carbons (Fsp3) is 0.286. The summed E-state index contributed by atoms with van der Waals surface area (Å²) in [6.07, 6.45) is 2.28. The third kappa shape index (κ3) is 6.82. The standard InChI is InChI=1S/C21H24N4O5S/c1-14(26)24(2)17-9-7-16(8-10-17)22-21(28)19(11-12-31-3)23-20(27)15-5-4-6-18(13-15)25(29)30/h4-10,13,19H,11-12H2,1-3H3,(H,22,28)(H,23,27). The summed E-state index contributed by atoms with van der Waals surface area (Å²) in [5.74, 6) is -0.447. The van der Waals surface area contributed by atoms with Gasteiger partial charge in [0.25, 0.3) is 11.6 Å². The van der Waals surface area contributed by atoms with E-state index in [1.54, 1.807) is 31.3 Å². The van der Waals surface area contributed by atoms with Gasteiger partial charge in [0.05, 0.1) is 4.92 Å². The van der Waals surface area contributed by atoms with Crippen molar-refractivity contribution in [1.29, 1.82) is 0 Å². The van der Waals surface area contributed by atoms with Gasteiger partial charge in [0, 0.05) is 43.0 Å². The lowest BCUT2D eigenvalue weighted by atomic mass is 10.1. The van der Waals surface area contributed by atoms with Crippen molar-refractivity contribution in [3.63, 3.8) is 0 Å². The Morgan fingerprint density at radius 2 is 1.84 bits per heavy atom. The van der Waals surface area contributed by atoms with Crippen molar-refractivity contribution in [2.24, 2.45) is 0 Å². The first-order valence-electron chi connectivity index (χ1n) is 9.42. The molecule has 2 aromatic rings. The Morgan fingerprint density at radius 1 is 1.16 bits per heavy atom. The lowest BCUT2D eigenvalue weighted by Gasteiger charge is -2.19. The molecule has 9 nitrogen and oxygen atoms in total. The average Bonchev–Trinajstić information content (AvgIpc) is 2.76. The van der Waals surface area contributed by atoms with Crippen LogP contribution in [0, 0.1) is 10.1 Å². The molecule has 1 unspecified atom stereocenters. The Morgan fingerprint density at radius 3 is 2.42 bits per heavy atom. The normalized spacial score (nSPS) is 11.3. The molecular formula is C21H24N4O5S. The molecule has 0 bridgehead atoms. The smallest absolute Gasteiger partial charge is 0.270 e. The topological polar surface area (TPSA) is 122 Å². The van der Waals surface area contributed by atoms with E-state index in [1.165, 1.54) is 47.9 Å². The van der Waals surface area contributed by atoms with E-state index in [0.717, 1.165) is 0 Å². The molecule has 0 saturated heterocycles. The largest absolute Gasteiger partial charge is 0.340 e. The third-order valence-electron chi connectivity index (χ3n) is 4.55. The van der Waals surface area contributed by atoms with E-state index < -0.39 is 22.8 Å². The highest BCUT2D eigenvalue weighted by molar-refractivity contribution is 7.98. The summed E-state index contributed by atoms with van der Waals surface area (Å²) < 4.78 is 0. The number of carbonyl (C=O) groups excluding carboxylic acids is 3. The van der Waals surface area contributed by atoms with E-state index >= 15 is 0 Å². The van der Waals surface area contributed by atoms with E-state index in [9.17, 15) is 24.5 Å². The first kappa shape index (κ1) is 23.9. The lowest BCUT2D eigenvalue weighted by molar-refractivity contribution is -0.384. The minimum atomic E-state index is -0.821. The molecule has 1 atom stereocenters. The number of carbonyl (C=O) groups is 3. The van der Waals surface area contributed by atoms with Crippen molar-refractivity contribution in [3.8, 4) is 0 Å². The van der Waals surface area contributed by atoms with Crippen LogP contribution in [0.25, 0.3) is 0 Å².